The Morgan fingerprint density at radius 3 is 2.33 bits per heavy atom. The quantitative estimate of drug-likeness (QED) is 0.194. The molecule has 0 N–H and O–H groups in total. The van der Waals surface area contributed by atoms with Crippen LogP contribution in [0.5, 0.6) is 5.75 Å². The monoisotopic (exact) mass is 440 g/mol. The number of nitrogens with zero attached hydrogens (tertiary/aromatic N) is 2. The summed E-state index contributed by atoms with van der Waals surface area (Å²) in [6, 6.07) is 20.0. The summed E-state index contributed by atoms with van der Waals surface area (Å²) in [6.07, 6.45) is -2.92. The van der Waals surface area contributed by atoms with Gasteiger partial charge in [-0.05, 0) is 35.0 Å². The summed E-state index contributed by atoms with van der Waals surface area (Å²) in [5.74, 6) is 0.618. The van der Waals surface area contributed by atoms with Crippen molar-refractivity contribution in [2.24, 2.45) is 0 Å². The second kappa shape index (κ2) is 6.04. The molecule has 3 aromatic heterocycles. The summed E-state index contributed by atoms with van der Waals surface area (Å²) in [7, 11) is 1.60. The Bertz CT molecular complexity index is 1900. The van der Waals surface area contributed by atoms with E-state index in [0.717, 1.165) is 21.5 Å². The third-order valence-electron chi connectivity index (χ3n) is 6.63. The van der Waals surface area contributed by atoms with Crippen LogP contribution in [-0.4, -0.2) is 16.5 Å². The molecule has 0 amide bonds. The first-order valence-electron chi connectivity index (χ1n) is 10.5. The Balaban J connectivity index is 1.95. The SMILES string of the molecule is COc1c2ccccc2cc2c3nccc4cc(C(F)(F)F)c5c6ccccc6n(c12)c5c43. The Hall–Kier alpha value is -4.06. The van der Waals surface area contributed by atoms with Crippen LogP contribution in [-0.2, 0) is 6.18 Å². The lowest BCUT2D eigenvalue weighted by atomic mass is 9.96. The van der Waals surface area contributed by atoms with Gasteiger partial charge in [0, 0.05) is 33.1 Å². The second-order valence-electron chi connectivity index (χ2n) is 8.28. The van der Waals surface area contributed by atoms with Crippen LogP contribution in [0.1, 0.15) is 5.56 Å². The van der Waals surface area contributed by atoms with Crippen LogP contribution in [0.25, 0.3) is 59.8 Å². The minimum atomic E-state index is -4.50. The van der Waals surface area contributed by atoms with Crippen molar-refractivity contribution in [2.45, 2.75) is 6.18 Å². The molecule has 0 saturated carbocycles. The molecule has 7 rings (SSSR count). The molecule has 160 valence electrons. The number of rotatable bonds is 1. The van der Waals surface area contributed by atoms with Gasteiger partial charge in [0.05, 0.1) is 34.7 Å². The van der Waals surface area contributed by atoms with Crippen LogP contribution in [0, 0.1) is 0 Å². The molecule has 0 aliphatic heterocycles. The number of halogens is 3. The minimum Gasteiger partial charge on any atom is -0.494 e. The van der Waals surface area contributed by atoms with Gasteiger partial charge in [-0.1, -0.05) is 42.5 Å². The number of pyridine rings is 2. The van der Waals surface area contributed by atoms with Gasteiger partial charge in [0.15, 0.2) is 5.75 Å². The van der Waals surface area contributed by atoms with Gasteiger partial charge in [-0.25, -0.2) is 0 Å². The summed E-state index contributed by atoms with van der Waals surface area (Å²) in [5, 5.41) is 4.71. The van der Waals surface area contributed by atoms with Crippen LogP contribution in [0.3, 0.4) is 0 Å². The highest BCUT2D eigenvalue weighted by atomic mass is 19.4. The molecule has 3 heterocycles. The molecule has 6 heteroatoms. The van der Waals surface area contributed by atoms with Crippen molar-refractivity contribution >= 4 is 59.8 Å². The summed E-state index contributed by atoms with van der Waals surface area (Å²) in [5.41, 5.74) is 1.97. The largest absolute Gasteiger partial charge is 0.494 e. The van der Waals surface area contributed by atoms with Gasteiger partial charge in [-0.15, -0.1) is 0 Å². The molecule has 0 radical (unpaired) electrons. The van der Waals surface area contributed by atoms with Crippen LogP contribution in [0.4, 0.5) is 13.2 Å². The standard InChI is InChI=1S/C27H15F3N2O/c1-33-26-16-7-3-2-6-14(16)12-18-23-21-15(10-11-31-23)13-19(27(28,29)30)22-17-8-4-5-9-20(17)32(24(18)26)25(21)22/h2-13H,1H3. The van der Waals surface area contributed by atoms with Crippen molar-refractivity contribution in [2.75, 3.05) is 7.11 Å². The molecule has 0 aliphatic carbocycles. The Morgan fingerprint density at radius 1 is 0.788 bits per heavy atom. The molecule has 0 atom stereocenters. The van der Waals surface area contributed by atoms with E-state index in [9.17, 15) is 13.2 Å². The third-order valence-corrected chi connectivity index (χ3v) is 6.63. The average molecular weight is 440 g/mol. The van der Waals surface area contributed by atoms with E-state index in [-0.39, 0.29) is 5.39 Å². The highest BCUT2D eigenvalue weighted by molar-refractivity contribution is 6.30. The number of hydrogen-bond donors (Lipinski definition) is 0. The van der Waals surface area contributed by atoms with Gasteiger partial charge in [0.1, 0.15) is 0 Å². The van der Waals surface area contributed by atoms with E-state index >= 15 is 0 Å². The van der Waals surface area contributed by atoms with Crippen LogP contribution in [0.15, 0.2) is 72.9 Å². The zero-order chi connectivity index (χ0) is 22.5. The molecule has 0 spiro atoms. The normalized spacial score (nSPS) is 12.8. The summed E-state index contributed by atoms with van der Waals surface area (Å²) in [6.45, 7) is 0. The molecule has 0 unspecified atom stereocenters. The summed E-state index contributed by atoms with van der Waals surface area (Å²) < 4.78 is 50.7. The van der Waals surface area contributed by atoms with Gasteiger partial charge in [0.25, 0.3) is 0 Å². The number of hydrogen-bond acceptors (Lipinski definition) is 2. The van der Waals surface area contributed by atoms with E-state index in [1.165, 1.54) is 6.07 Å². The molecule has 4 aromatic carbocycles. The third kappa shape index (κ3) is 2.22. The fourth-order valence-electron chi connectivity index (χ4n) is 5.40. The number of methoxy groups -OCH3 is 1. The van der Waals surface area contributed by atoms with Crippen molar-refractivity contribution in [3.05, 3.63) is 78.5 Å². The predicted octanol–water partition coefficient (Wildman–Crippen LogP) is 7.57. The van der Waals surface area contributed by atoms with Gasteiger partial charge < -0.3 is 9.14 Å². The minimum absolute atomic E-state index is 0.195. The number of ether oxygens (including phenoxy) is 1. The first kappa shape index (κ1) is 18.5. The van der Waals surface area contributed by atoms with E-state index in [2.05, 4.69) is 11.1 Å². The van der Waals surface area contributed by atoms with E-state index in [4.69, 9.17) is 4.74 Å². The molecule has 0 bridgehead atoms. The molecular weight excluding hydrogens is 425 g/mol. The summed E-state index contributed by atoms with van der Waals surface area (Å²) in [4.78, 5) is 4.66. The van der Waals surface area contributed by atoms with Crippen LogP contribution < -0.4 is 4.74 Å². The van der Waals surface area contributed by atoms with Crippen molar-refractivity contribution < 1.29 is 17.9 Å². The molecule has 0 saturated heterocycles. The van der Waals surface area contributed by atoms with Gasteiger partial charge in [0.2, 0.25) is 0 Å². The van der Waals surface area contributed by atoms with E-state index in [0.29, 0.717) is 38.6 Å². The average Bonchev–Trinajstić information content (AvgIpc) is 3.16. The number of aromatic nitrogens is 2. The lowest BCUT2D eigenvalue weighted by Gasteiger charge is -2.18. The van der Waals surface area contributed by atoms with E-state index in [1.807, 2.05) is 40.8 Å². The summed E-state index contributed by atoms with van der Waals surface area (Å²) >= 11 is 0. The fourth-order valence-corrected chi connectivity index (χ4v) is 5.40. The van der Waals surface area contributed by atoms with Crippen molar-refractivity contribution in [3.8, 4) is 5.75 Å². The van der Waals surface area contributed by atoms with Gasteiger partial charge in [-0.2, -0.15) is 13.2 Å². The maximum atomic E-state index is 14.3. The maximum absolute atomic E-state index is 14.3. The number of alkyl halides is 3. The molecule has 33 heavy (non-hydrogen) atoms. The second-order valence-corrected chi connectivity index (χ2v) is 8.28. The predicted molar refractivity (Wildman–Crippen MR) is 125 cm³/mol. The van der Waals surface area contributed by atoms with Crippen molar-refractivity contribution in [1.82, 2.24) is 9.38 Å². The molecule has 7 aromatic rings. The lowest BCUT2D eigenvalue weighted by Crippen LogP contribution is -2.06. The molecule has 0 fully saturated rings. The van der Waals surface area contributed by atoms with E-state index < -0.39 is 11.7 Å². The van der Waals surface area contributed by atoms with Crippen LogP contribution >= 0.6 is 0 Å². The van der Waals surface area contributed by atoms with Gasteiger partial charge >= 0.3 is 6.18 Å². The molecule has 3 nitrogen and oxygen atoms in total. The number of benzene rings is 4. The van der Waals surface area contributed by atoms with E-state index in [1.54, 1.807) is 31.5 Å². The topological polar surface area (TPSA) is 26.5 Å². The lowest BCUT2D eigenvalue weighted by molar-refractivity contribution is -0.136. The number of fused-ring (bicyclic) bond motifs is 7. The zero-order valence-electron chi connectivity index (χ0n) is 17.4. The fraction of sp³-hybridized carbons (Fsp3) is 0.0741. The van der Waals surface area contributed by atoms with Crippen molar-refractivity contribution in [3.63, 3.8) is 0 Å². The zero-order valence-corrected chi connectivity index (χ0v) is 17.4. The Labute approximate surface area is 184 Å². The number of para-hydroxylation sites is 1. The first-order valence-corrected chi connectivity index (χ1v) is 10.5. The van der Waals surface area contributed by atoms with Crippen molar-refractivity contribution in [1.29, 1.82) is 0 Å². The molecular formula is C27H15F3N2O. The molecule has 0 aliphatic rings. The first-order chi connectivity index (χ1) is 16.0. The highest BCUT2D eigenvalue weighted by Gasteiger charge is 2.36. The maximum Gasteiger partial charge on any atom is 0.417 e. The highest BCUT2D eigenvalue weighted by Crippen LogP contribution is 2.48. The smallest absolute Gasteiger partial charge is 0.417 e. The Kier molecular flexibility index (Phi) is 3.39. The van der Waals surface area contributed by atoms with Gasteiger partial charge in [-0.3, -0.25) is 4.98 Å². The van der Waals surface area contributed by atoms with Crippen LogP contribution in [0.2, 0.25) is 0 Å². The Morgan fingerprint density at radius 2 is 1.55 bits per heavy atom.